The highest BCUT2D eigenvalue weighted by Crippen LogP contribution is 2.23. The largest absolute Gasteiger partial charge is 0.338 e. The van der Waals surface area contributed by atoms with Crippen LogP contribution in [0.3, 0.4) is 0 Å². The molecule has 5 heteroatoms. The quantitative estimate of drug-likeness (QED) is 0.934. The zero-order valence-electron chi connectivity index (χ0n) is 12.4. The topological polar surface area (TPSA) is 68.2 Å². The molecule has 112 valence electrons. The van der Waals surface area contributed by atoms with Crippen molar-refractivity contribution in [3.63, 3.8) is 0 Å². The molecule has 0 spiro atoms. The molecule has 5 nitrogen and oxygen atoms in total. The van der Waals surface area contributed by atoms with Crippen molar-refractivity contribution in [3.05, 3.63) is 36.2 Å². The molecular formula is C16H22N4O. The van der Waals surface area contributed by atoms with E-state index in [9.17, 15) is 0 Å². The average molecular weight is 286 g/mol. The highest BCUT2D eigenvalue weighted by Gasteiger charge is 2.26. The van der Waals surface area contributed by atoms with E-state index >= 15 is 0 Å². The van der Waals surface area contributed by atoms with Gasteiger partial charge in [0, 0.05) is 18.2 Å². The summed E-state index contributed by atoms with van der Waals surface area (Å²) in [5.41, 5.74) is 6.79. The van der Waals surface area contributed by atoms with Crippen molar-refractivity contribution in [1.29, 1.82) is 0 Å². The van der Waals surface area contributed by atoms with Crippen LogP contribution in [-0.4, -0.2) is 34.2 Å². The molecule has 1 aliphatic heterocycles. The third-order valence-electron chi connectivity index (χ3n) is 4.28. The number of nitrogens with two attached hydrogens (primary N) is 1. The smallest absolute Gasteiger partial charge is 0.241 e. The standard InChI is InChI=1S/C16H22N4O/c1-12-7-8-13(9-17)10-20(12)11-15-18-16(19-21-15)14-5-3-2-4-6-14/h2-6,12-13H,7-11,17H2,1H3. The second-order valence-corrected chi connectivity index (χ2v) is 5.84. The van der Waals surface area contributed by atoms with Gasteiger partial charge in [-0.15, -0.1) is 0 Å². The van der Waals surface area contributed by atoms with Gasteiger partial charge in [0.25, 0.3) is 0 Å². The van der Waals surface area contributed by atoms with E-state index in [1.165, 1.54) is 12.8 Å². The van der Waals surface area contributed by atoms with Gasteiger partial charge in [0.1, 0.15) is 0 Å². The van der Waals surface area contributed by atoms with Gasteiger partial charge in [0.2, 0.25) is 11.7 Å². The zero-order chi connectivity index (χ0) is 14.7. The van der Waals surface area contributed by atoms with Crippen LogP contribution in [0.2, 0.25) is 0 Å². The molecule has 1 aromatic heterocycles. The molecule has 0 saturated carbocycles. The van der Waals surface area contributed by atoms with Crippen LogP contribution in [0.5, 0.6) is 0 Å². The Bertz CT molecular complexity index is 569. The van der Waals surface area contributed by atoms with E-state index in [2.05, 4.69) is 22.0 Å². The Balaban J connectivity index is 1.69. The molecule has 0 bridgehead atoms. The van der Waals surface area contributed by atoms with E-state index in [4.69, 9.17) is 10.3 Å². The third-order valence-corrected chi connectivity index (χ3v) is 4.28. The molecule has 2 aromatic rings. The fourth-order valence-electron chi connectivity index (χ4n) is 2.87. The Morgan fingerprint density at radius 3 is 2.86 bits per heavy atom. The lowest BCUT2D eigenvalue weighted by Crippen LogP contribution is -2.43. The summed E-state index contributed by atoms with van der Waals surface area (Å²) in [4.78, 5) is 6.90. The first kappa shape index (κ1) is 14.2. The molecule has 0 aliphatic carbocycles. The molecule has 21 heavy (non-hydrogen) atoms. The lowest BCUT2D eigenvalue weighted by Gasteiger charge is -2.36. The van der Waals surface area contributed by atoms with Crippen LogP contribution < -0.4 is 5.73 Å². The predicted molar refractivity (Wildman–Crippen MR) is 81.4 cm³/mol. The number of aromatic nitrogens is 2. The number of hydrogen-bond donors (Lipinski definition) is 1. The van der Waals surface area contributed by atoms with E-state index in [1.807, 2.05) is 30.3 Å². The minimum Gasteiger partial charge on any atom is -0.338 e. The summed E-state index contributed by atoms with van der Waals surface area (Å²) in [7, 11) is 0. The summed E-state index contributed by atoms with van der Waals surface area (Å²) in [6, 6.07) is 10.5. The molecular weight excluding hydrogens is 264 g/mol. The maximum Gasteiger partial charge on any atom is 0.241 e. The molecule has 3 rings (SSSR count). The fraction of sp³-hybridized carbons (Fsp3) is 0.500. The van der Waals surface area contributed by atoms with Crippen LogP contribution in [0.25, 0.3) is 11.4 Å². The van der Waals surface area contributed by atoms with E-state index in [1.54, 1.807) is 0 Å². The Morgan fingerprint density at radius 1 is 1.29 bits per heavy atom. The van der Waals surface area contributed by atoms with Crippen LogP contribution >= 0.6 is 0 Å². The van der Waals surface area contributed by atoms with Crippen molar-refractivity contribution in [2.75, 3.05) is 13.1 Å². The number of likely N-dealkylation sites (tertiary alicyclic amines) is 1. The zero-order valence-corrected chi connectivity index (χ0v) is 12.4. The number of hydrogen-bond acceptors (Lipinski definition) is 5. The predicted octanol–water partition coefficient (Wildman–Crippen LogP) is 2.30. The Morgan fingerprint density at radius 2 is 2.10 bits per heavy atom. The summed E-state index contributed by atoms with van der Waals surface area (Å²) >= 11 is 0. The monoisotopic (exact) mass is 286 g/mol. The van der Waals surface area contributed by atoms with Gasteiger partial charge in [-0.2, -0.15) is 4.98 Å². The molecule has 1 saturated heterocycles. The molecule has 1 aliphatic rings. The molecule has 2 unspecified atom stereocenters. The van der Waals surface area contributed by atoms with Crippen molar-refractivity contribution in [2.24, 2.45) is 11.7 Å². The van der Waals surface area contributed by atoms with Crippen LogP contribution in [0, 0.1) is 5.92 Å². The second-order valence-electron chi connectivity index (χ2n) is 5.84. The molecule has 1 fully saturated rings. The molecule has 2 heterocycles. The normalized spacial score (nSPS) is 23.3. The van der Waals surface area contributed by atoms with E-state index in [0.29, 0.717) is 30.2 Å². The molecule has 2 N–H and O–H groups in total. The Kier molecular flexibility index (Phi) is 4.31. The van der Waals surface area contributed by atoms with Gasteiger partial charge in [0.15, 0.2) is 0 Å². The summed E-state index contributed by atoms with van der Waals surface area (Å²) < 4.78 is 5.40. The first-order valence-corrected chi connectivity index (χ1v) is 7.58. The summed E-state index contributed by atoms with van der Waals surface area (Å²) in [6.07, 6.45) is 2.40. The summed E-state index contributed by atoms with van der Waals surface area (Å²) in [5.74, 6) is 1.92. The first-order chi connectivity index (χ1) is 10.3. The number of rotatable bonds is 4. The average Bonchev–Trinajstić information content (AvgIpc) is 2.99. The third kappa shape index (κ3) is 3.31. The summed E-state index contributed by atoms with van der Waals surface area (Å²) in [5, 5.41) is 4.08. The van der Waals surface area contributed by atoms with Gasteiger partial charge >= 0.3 is 0 Å². The highest BCUT2D eigenvalue weighted by molar-refractivity contribution is 5.53. The maximum atomic E-state index is 5.81. The van der Waals surface area contributed by atoms with Crippen molar-refractivity contribution in [2.45, 2.75) is 32.4 Å². The maximum absolute atomic E-state index is 5.81. The minimum atomic E-state index is 0.542. The van der Waals surface area contributed by atoms with Crippen LogP contribution in [0.4, 0.5) is 0 Å². The van der Waals surface area contributed by atoms with Crippen LogP contribution in [0.1, 0.15) is 25.7 Å². The number of nitrogens with zero attached hydrogens (tertiary/aromatic N) is 3. The highest BCUT2D eigenvalue weighted by atomic mass is 16.5. The summed E-state index contributed by atoms with van der Waals surface area (Å²) in [6.45, 7) is 4.72. The van der Waals surface area contributed by atoms with Crippen molar-refractivity contribution in [3.8, 4) is 11.4 Å². The van der Waals surface area contributed by atoms with Crippen LogP contribution in [-0.2, 0) is 6.54 Å². The van der Waals surface area contributed by atoms with Gasteiger partial charge in [0.05, 0.1) is 6.54 Å². The van der Waals surface area contributed by atoms with E-state index in [0.717, 1.165) is 18.7 Å². The van der Waals surface area contributed by atoms with Gasteiger partial charge < -0.3 is 10.3 Å². The Hall–Kier alpha value is -1.72. The fourth-order valence-corrected chi connectivity index (χ4v) is 2.87. The molecule has 0 amide bonds. The van der Waals surface area contributed by atoms with Crippen molar-refractivity contribution in [1.82, 2.24) is 15.0 Å². The van der Waals surface area contributed by atoms with Crippen molar-refractivity contribution >= 4 is 0 Å². The van der Waals surface area contributed by atoms with E-state index in [-0.39, 0.29) is 0 Å². The first-order valence-electron chi connectivity index (χ1n) is 7.58. The number of benzene rings is 1. The SMILES string of the molecule is CC1CCC(CN)CN1Cc1nc(-c2ccccc2)no1. The van der Waals surface area contributed by atoms with Gasteiger partial charge in [-0.3, -0.25) is 4.90 Å². The Labute approximate surface area is 125 Å². The van der Waals surface area contributed by atoms with Gasteiger partial charge in [-0.25, -0.2) is 0 Å². The second kappa shape index (κ2) is 6.37. The lowest BCUT2D eigenvalue weighted by atomic mass is 9.93. The minimum absolute atomic E-state index is 0.542. The van der Waals surface area contributed by atoms with Crippen LogP contribution in [0.15, 0.2) is 34.9 Å². The van der Waals surface area contributed by atoms with E-state index < -0.39 is 0 Å². The van der Waals surface area contributed by atoms with Gasteiger partial charge in [-0.1, -0.05) is 35.5 Å². The number of piperidine rings is 1. The molecule has 2 atom stereocenters. The molecule has 0 radical (unpaired) electrons. The lowest BCUT2D eigenvalue weighted by molar-refractivity contribution is 0.100. The van der Waals surface area contributed by atoms with Crippen molar-refractivity contribution < 1.29 is 4.52 Å². The van der Waals surface area contributed by atoms with Gasteiger partial charge in [-0.05, 0) is 32.2 Å². The molecule has 1 aromatic carbocycles.